The van der Waals surface area contributed by atoms with Crippen LogP contribution in [0.4, 0.5) is 0 Å². The summed E-state index contributed by atoms with van der Waals surface area (Å²) in [4.78, 5) is 0.235. The van der Waals surface area contributed by atoms with Crippen LogP contribution in [0, 0.1) is 0 Å². The lowest BCUT2D eigenvalue weighted by Gasteiger charge is -2.36. The van der Waals surface area contributed by atoms with E-state index < -0.39 is 19.9 Å². The van der Waals surface area contributed by atoms with Gasteiger partial charge in [0, 0.05) is 31.4 Å². The van der Waals surface area contributed by atoms with Crippen LogP contribution in [0.15, 0.2) is 34.1 Å². The second-order valence-electron chi connectivity index (χ2n) is 5.48. The molecule has 9 heteroatoms. The van der Waals surface area contributed by atoms with Crippen molar-refractivity contribution in [1.29, 1.82) is 0 Å². The van der Waals surface area contributed by atoms with E-state index in [2.05, 4.69) is 5.32 Å². The molecule has 6 nitrogen and oxygen atoms in total. The molecule has 1 N–H and O–H groups in total. The molecule has 0 aromatic heterocycles. The molecule has 1 aliphatic rings. The largest absolute Gasteiger partial charge is 0.311 e. The zero-order valence-electron chi connectivity index (χ0n) is 12.7. The van der Waals surface area contributed by atoms with Crippen molar-refractivity contribution in [3.63, 3.8) is 0 Å². The topological polar surface area (TPSA) is 83.6 Å². The first-order valence-corrected chi connectivity index (χ1v) is 10.0. The molecule has 0 radical (unpaired) electrons. The molecule has 1 heterocycles. The van der Waals surface area contributed by atoms with E-state index in [4.69, 9.17) is 0 Å². The molecule has 1 saturated heterocycles. The highest BCUT2D eigenvalue weighted by molar-refractivity contribution is 7.90. The summed E-state index contributed by atoms with van der Waals surface area (Å²) in [6, 6.07) is 5.32. The van der Waals surface area contributed by atoms with Crippen LogP contribution < -0.4 is 5.32 Å². The molecule has 2 atom stereocenters. The normalized spacial score (nSPS) is 23.8. The Labute approximate surface area is 138 Å². The Balaban J connectivity index is 0.00000242. The summed E-state index contributed by atoms with van der Waals surface area (Å²) >= 11 is 0. The van der Waals surface area contributed by atoms with Crippen molar-refractivity contribution in [1.82, 2.24) is 9.62 Å². The maximum absolute atomic E-state index is 12.7. The number of nitrogens with one attached hydrogen (secondary N) is 1. The van der Waals surface area contributed by atoms with Gasteiger partial charge in [0.25, 0.3) is 0 Å². The van der Waals surface area contributed by atoms with Crippen LogP contribution in [0.2, 0.25) is 0 Å². The van der Waals surface area contributed by atoms with E-state index in [9.17, 15) is 16.8 Å². The number of halogens is 1. The van der Waals surface area contributed by atoms with E-state index >= 15 is 0 Å². The standard InChI is InChI=1S/C13H20N2O4S2.ClH/c1-10-9-15(11(2)8-14-10)21(18,19)13-6-4-12(5-7-13)20(3,16)17;/h4-7,10-11,14H,8-9H2,1-3H3;1H. The van der Waals surface area contributed by atoms with Gasteiger partial charge in [-0.3, -0.25) is 0 Å². The van der Waals surface area contributed by atoms with Crippen LogP contribution in [0.5, 0.6) is 0 Å². The molecule has 22 heavy (non-hydrogen) atoms. The zero-order valence-corrected chi connectivity index (χ0v) is 15.1. The van der Waals surface area contributed by atoms with E-state index in [1.54, 1.807) is 0 Å². The van der Waals surface area contributed by atoms with E-state index in [0.29, 0.717) is 13.1 Å². The molecular weight excluding hydrogens is 348 g/mol. The number of nitrogens with zero attached hydrogens (tertiary/aromatic N) is 1. The second kappa shape index (κ2) is 6.84. The summed E-state index contributed by atoms with van der Waals surface area (Å²) in [6.07, 6.45) is 1.09. The summed E-state index contributed by atoms with van der Waals surface area (Å²) in [5.74, 6) is 0. The molecule has 0 amide bonds. The van der Waals surface area contributed by atoms with Crippen molar-refractivity contribution in [2.45, 2.75) is 35.7 Å². The minimum atomic E-state index is -3.61. The maximum Gasteiger partial charge on any atom is 0.243 e. The monoisotopic (exact) mass is 368 g/mol. The average Bonchev–Trinajstić information content (AvgIpc) is 2.40. The number of hydrogen-bond acceptors (Lipinski definition) is 5. The van der Waals surface area contributed by atoms with Gasteiger partial charge in [-0.1, -0.05) is 0 Å². The lowest BCUT2D eigenvalue weighted by molar-refractivity contribution is 0.244. The lowest BCUT2D eigenvalue weighted by Crippen LogP contribution is -2.56. The Bertz CT molecular complexity index is 717. The van der Waals surface area contributed by atoms with Crippen LogP contribution in [0.25, 0.3) is 0 Å². The SMILES string of the molecule is CC1CN(S(=O)(=O)c2ccc(S(C)(=O)=O)cc2)C(C)CN1.Cl. The number of sulfonamides is 1. The predicted molar refractivity (Wildman–Crippen MR) is 87.6 cm³/mol. The van der Waals surface area contributed by atoms with Gasteiger partial charge in [0.05, 0.1) is 9.79 Å². The number of benzene rings is 1. The van der Waals surface area contributed by atoms with E-state index in [0.717, 1.165) is 6.26 Å². The molecule has 0 bridgehead atoms. The van der Waals surface area contributed by atoms with Crippen LogP contribution >= 0.6 is 12.4 Å². The number of rotatable bonds is 3. The quantitative estimate of drug-likeness (QED) is 0.856. The van der Waals surface area contributed by atoms with Gasteiger partial charge < -0.3 is 5.32 Å². The van der Waals surface area contributed by atoms with Gasteiger partial charge in [-0.15, -0.1) is 12.4 Å². The second-order valence-corrected chi connectivity index (χ2v) is 9.38. The molecule has 1 aliphatic heterocycles. The molecular formula is C13H21ClN2O4S2. The first-order valence-electron chi connectivity index (χ1n) is 6.67. The number of hydrogen-bond donors (Lipinski definition) is 1. The summed E-state index contributed by atoms with van der Waals surface area (Å²) in [7, 11) is -6.94. The van der Waals surface area contributed by atoms with Crippen LogP contribution in [-0.2, 0) is 19.9 Å². The maximum atomic E-state index is 12.7. The smallest absolute Gasteiger partial charge is 0.243 e. The minimum absolute atomic E-state index is 0. The van der Waals surface area contributed by atoms with Crippen LogP contribution in [0.1, 0.15) is 13.8 Å². The summed E-state index contributed by atoms with van der Waals surface area (Å²) < 4.78 is 49.6. The molecule has 0 spiro atoms. The Morgan fingerprint density at radius 1 is 1.05 bits per heavy atom. The van der Waals surface area contributed by atoms with Gasteiger partial charge in [0.1, 0.15) is 0 Å². The minimum Gasteiger partial charge on any atom is -0.311 e. The van der Waals surface area contributed by atoms with E-state index in [1.807, 2.05) is 13.8 Å². The lowest BCUT2D eigenvalue weighted by atomic mass is 10.2. The molecule has 1 fully saturated rings. The summed E-state index contributed by atoms with van der Waals surface area (Å²) in [6.45, 7) is 4.78. The van der Waals surface area contributed by atoms with Crippen molar-refractivity contribution in [2.24, 2.45) is 0 Å². The summed E-state index contributed by atoms with van der Waals surface area (Å²) in [5, 5.41) is 3.23. The van der Waals surface area contributed by atoms with Gasteiger partial charge in [0.2, 0.25) is 10.0 Å². The number of sulfone groups is 1. The highest BCUT2D eigenvalue weighted by atomic mass is 35.5. The Morgan fingerprint density at radius 2 is 1.55 bits per heavy atom. The van der Waals surface area contributed by atoms with Crippen molar-refractivity contribution in [2.75, 3.05) is 19.3 Å². The van der Waals surface area contributed by atoms with Gasteiger partial charge in [-0.05, 0) is 38.1 Å². The Morgan fingerprint density at radius 3 is 2.05 bits per heavy atom. The molecule has 1 aromatic rings. The van der Waals surface area contributed by atoms with Crippen molar-refractivity contribution in [3.05, 3.63) is 24.3 Å². The zero-order chi connectivity index (χ0) is 15.8. The van der Waals surface area contributed by atoms with Crippen molar-refractivity contribution < 1.29 is 16.8 Å². The third kappa shape index (κ3) is 3.99. The van der Waals surface area contributed by atoms with Crippen LogP contribution in [-0.4, -0.2) is 52.6 Å². The highest BCUT2D eigenvalue weighted by Gasteiger charge is 2.33. The first-order chi connectivity index (χ1) is 9.62. The average molecular weight is 369 g/mol. The predicted octanol–water partition coefficient (Wildman–Crippen LogP) is 0.883. The van der Waals surface area contributed by atoms with Crippen molar-refractivity contribution >= 4 is 32.3 Å². The first kappa shape index (κ1) is 19.4. The Hall–Kier alpha value is -0.670. The number of piperazine rings is 1. The van der Waals surface area contributed by atoms with Gasteiger partial charge >= 0.3 is 0 Å². The fraction of sp³-hybridized carbons (Fsp3) is 0.538. The Kier molecular flexibility index (Phi) is 6.02. The van der Waals surface area contributed by atoms with Crippen LogP contribution in [0.3, 0.4) is 0 Å². The van der Waals surface area contributed by atoms with Gasteiger partial charge in [-0.25, -0.2) is 16.8 Å². The third-order valence-electron chi connectivity index (χ3n) is 3.57. The molecule has 126 valence electrons. The fourth-order valence-corrected chi connectivity index (χ4v) is 4.67. The van der Waals surface area contributed by atoms with E-state index in [1.165, 1.54) is 28.6 Å². The highest BCUT2D eigenvalue weighted by Crippen LogP contribution is 2.22. The molecule has 2 unspecified atom stereocenters. The molecule has 1 aromatic carbocycles. The summed E-state index contributed by atoms with van der Waals surface area (Å²) in [5.41, 5.74) is 0. The molecule has 0 aliphatic carbocycles. The molecule has 0 saturated carbocycles. The van der Waals surface area contributed by atoms with E-state index in [-0.39, 0.29) is 34.3 Å². The van der Waals surface area contributed by atoms with Crippen molar-refractivity contribution in [3.8, 4) is 0 Å². The molecule has 2 rings (SSSR count). The third-order valence-corrected chi connectivity index (χ3v) is 6.69. The fourth-order valence-electron chi connectivity index (χ4n) is 2.32. The van der Waals surface area contributed by atoms with Gasteiger partial charge in [0.15, 0.2) is 9.84 Å². The van der Waals surface area contributed by atoms with Gasteiger partial charge in [-0.2, -0.15) is 4.31 Å².